The van der Waals surface area contributed by atoms with Crippen LogP contribution in [0.5, 0.6) is 0 Å². The van der Waals surface area contributed by atoms with Gasteiger partial charge in [0.2, 0.25) is 5.92 Å². The first-order valence-electron chi connectivity index (χ1n) is 6.42. The lowest BCUT2D eigenvalue weighted by atomic mass is 9.82. The van der Waals surface area contributed by atoms with Gasteiger partial charge in [-0.1, -0.05) is 0 Å². The van der Waals surface area contributed by atoms with E-state index in [2.05, 4.69) is 5.32 Å². The van der Waals surface area contributed by atoms with Crippen LogP contribution in [0, 0.1) is 5.92 Å². The zero-order valence-electron chi connectivity index (χ0n) is 11.6. The molecule has 0 heterocycles. The lowest BCUT2D eigenvalue weighted by Gasteiger charge is -2.33. The van der Waals surface area contributed by atoms with E-state index < -0.39 is 17.6 Å². The summed E-state index contributed by atoms with van der Waals surface area (Å²) in [6.45, 7) is 5.39. The molecule has 1 N–H and O–H groups in total. The number of carbonyl (C=O) groups excluding carboxylic acids is 1. The minimum atomic E-state index is -2.57. The minimum Gasteiger partial charge on any atom is -0.459 e. The summed E-state index contributed by atoms with van der Waals surface area (Å²) in [5.41, 5.74) is -0.551. The standard InChI is InChI=1S/C13H23F2NO2/c1-12(2,3)18-11(17)10(16-4)9-5-7-13(14,15)8-6-9/h9-10,16H,5-8H2,1-4H3. The van der Waals surface area contributed by atoms with Crippen LogP contribution in [0.25, 0.3) is 0 Å². The number of halogens is 2. The molecule has 3 nitrogen and oxygen atoms in total. The van der Waals surface area contributed by atoms with Crippen LogP contribution in [-0.2, 0) is 9.53 Å². The van der Waals surface area contributed by atoms with Gasteiger partial charge < -0.3 is 10.1 Å². The highest BCUT2D eigenvalue weighted by Crippen LogP contribution is 2.37. The smallest absolute Gasteiger partial charge is 0.323 e. The van der Waals surface area contributed by atoms with Gasteiger partial charge in [-0.3, -0.25) is 4.79 Å². The van der Waals surface area contributed by atoms with Gasteiger partial charge in [0, 0.05) is 12.8 Å². The summed E-state index contributed by atoms with van der Waals surface area (Å²) in [7, 11) is 1.67. The van der Waals surface area contributed by atoms with Gasteiger partial charge in [-0.05, 0) is 46.6 Å². The molecule has 1 saturated carbocycles. The van der Waals surface area contributed by atoms with Crippen LogP contribution >= 0.6 is 0 Å². The van der Waals surface area contributed by atoms with Crippen molar-refractivity contribution < 1.29 is 18.3 Å². The maximum Gasteiger partial charge on any atom is 0.323 e. The number of hydrogen-bond acceptors (Lipinski definition) is 3. The molecule has 106 valence electrons. The van der Waals surface area contributed by atoms with E-state index in [0.29, 0.717) is 12.8 Å². The Bertz CT molecular complexity index is 290. The lowest BCUT2D eigenvalue weighted by Crippen LogP contribution is -2.46. The average Bonchev–Trinajstić information content (AvgIpc) is 2.18. The minimum absolute atomic E-state index is 0.0653. The van der Waals surface area contributed by atoms with E-state index in [1.807, 2.05) is 0 Å². The first kappa shape index (κ1) is 15.3. The highest BCUT2D eigenvalue weighted by molar-refractivity contribution is 5.76. The highest BCUT2D eigenvalue weighted by Gasteiger charge is 2.40. The monoisotopic (exact) mass is 263 g/mol. The molecular weight excluding hydrogens is 240 g/mol. The van der Waals surface area contributed by atoms with Crippen LogP contribution < -0.4 is 5.32 Å². The second-order valence-electron chi connectivity index (χ2n) is 5.99. The summed E-state index contributed by atoms with van der Waals surface area (Å²) in [5.74, 6) is -2.98. The van der Waals surface area contributed by atoms with Crippen molar-refractivity contribution in [2.45, 2.75) is 64.0 Å². The topological polar surface area (TPSA) is 38.3 Å². The van der Waals surface area contributed by atoms with Gasteiger partial charge >= 0.3 is 5.97 Å². The molecule has 0 aliphatic heterocycles. The molecule has 0 bridgehead atoms. The van der Waals surface area contributed by atoms with Gasteiger partial charge in [0.05, 0.1) is 0 Å². The molecule has 0 aromatic heterocycles. The Morgan fingerprint density at radius 3 is 2.22 bits per heavy atom. The van der Waals surface area contributed by atoms with Crippen molar-refractivity contribution in [1.29, 1.82) is 0 Å². The summed E-state index contributed by atoms with van der Waals surface area (Å²) in [6.07, 6.45) is 0.437. The third-order valence-electron chi connectivity index (χ3n) is 3.20. The van der Waals surface area contributed by atoms with Crippen LogP contribution in [0.4, 0.5) is 8.78 Å². The summed E-state index contributed by atoms with van der Waals surface area (Å²) in [5, 5.41) is 2.90. The van der Waals surface area contributed by atoms with E-state index >= 15 is 0 Å². The molecule has 0 spiro atoms. The van der Waals surface area contributed by atoms with E-state index in [1.54, 1.807) is 27.8 Å². The van der Waals surface area contributed by atoms with Gasteiger partial charge in [0.15, 0.2) is 0 Å². The average molecular weight is 263 g/mol. The van der Waals surface area contributed by atoms with E-state index in [9.17, 15) is 13.6 Å². The molecule has 1 unspecified atom stereocenters. The second kappa shape index (κ2) is 5.51. The first-order valence-corrected chi connectivity index (χ1v) is 6.42. The quantitative estimate of drug-likeness (QED) is 0.796. The number of likely N-dealkylation sites (N-methyl/N-ethyl adjacent to an activating group) is 1. The fraction of sp³-hybridized carbons (Fsp3) is 0.923. The SMILES string of the molecule is CNC(C(=O)OC(C)(C)C)C1CCC(F)(F)CC1. The van der Waals surface area contributed by atoms with Crippen molar-refractivity contribution in [3.05, 3.63) is 0 Å². The summed E-state index contributed by atoms with van der Waals surface area (Å²) < 4.78 is 31.5. The predicted octanol–water partition coefficient (Wildman–Crippen LogP) is 2.74. The Morgan fingerprint density at radius 2 is 1.83 bits per heavy atom. The molecule has 1 fully saturated rings. The third kappa shape index (κ3) is 4.52. The number of hydrogen-bond donors (Lipinski definition) is 1. The molecular formula is C13H23F2NO2. The maximum atomic E-state index is 13.1. The fourth-order valence-corrected chi connectivity index (χ4v) is 2.31. The molecule has 1 atom stereocenters. The predicted molar refractivity (Wildman–Crippen MR) is 65.6 cm³/mol. The van der Waals surface area contributed by atoms with Gasteiger partial charge in [-0.2, -0.15) is 0 Å². The largest absolute Gasteiger partial charge is 0.459 e. The molecule has 0 amide bonds. The molecule has 1 aliphatic rings. The van der Waals surface area contributed by atoms with Gasteiger partial charge in [-0.25, -0.2) is 8.78 Å². The lowest BCUT2D eigenvalue weighted by molar-refractivity contribution is -0.160. The van der Waals surface area contributed by atoms with Crippen LogP contribution in [0.15, 0.2) is 0 Å². The normalized spacial score (nSPS) is 22.6. The van der Waals surface area contributed by atoms with E-state index in [1.165, 1.54) is 0 Å². The van der Waals surface area contributed by atoms with Crippen LogP contribution in [0.3, 0.4) is 0 Å². The molecule has 0 saturated heterocycles. The Labute approximate surface area is 107 Å². The fourth-order valence-electron chi connectivity index (χ4n) is 2.31. The van der Waals surface area contributed by atoms with Gasteiger partial charge in [0.25, 0.3) is 0 Å². The van der Waals surface area contributed by atoms with Crippen molar-refractivity contribution in [2.24, 2.45) is 5.92 Å². The van der Waals surface area contributed by atoms with Gasteiger partial charge in [0.1, 0.15) is 11.6 Å². The summed E-state index contributed by atoms with van der Waals surface area (Å²) in [4.78, 5) is 12.0. The van der Waals surface area contributed by atoms with Crippen molar-refractivity contribution in [2.75, 3.05) is 7.05 Å². The molecule has 0 radical (unpaired) electrons. The van der Waals surface area contributed by atoms with Gasteiger partial charge in [-0.15, -0.1) is 0 Å². The van der Waals surface area contributed by atoms with Crippen LogP contribution in [0.2, 0.25) is 0 Å². The van der Waals surface area contributed by atoms with Crippen molar-refractivity contribution in [3.8, 4) is 0 Å². The van der Waals surface area contributed by atoms with E-state index in [4.69, 9.17) is 4.74 Å². The Morgan fingerprint density at radius 1 is 1.33 bits per heavy atom. The van der Waals surface area contributed by atoms with Crippen LogP contribution in [-0.4, -0.2) is 30.6 Å². The second-order valence-corrected chi connectivity index (χ2v) is 5.99. The zero-order valence-corrected chi connectivity index (χ0v) is 11.6. The number of rotatable bonds is 3. The molecule has 0 aromatic rings. The number of alkyl halides is 2. The van der Waals surface area contributed by atoms with E-state index in [-0.39, 0.29) is 24.7 Å². The molecule has 1 aliphatic carbocycles. The summed E-state index contributed by atoms with van der Waals surface area (Å²) >= 11 is 0. The number of carbonyl (C=O) groups is 1. The Balaban J connectivity index is 2.59. The third-order valence-corrected chi connectivity index (χ3v) is 3.20. The number of nitrogens with one attached hydrogen (secondary N) is 1. The summed E-state index contributed by atoms with van der Waals surface area (Å²) in [6, 6.07) is -0.486. The molecule has 1 rings (SSSR count). The number of ether oxygens (including phenoxy) is 1. The Kier molecular flexibility index (Phi) is 4.70. The maximum absolute atomic E-state index is 13.1. The molecule has 5 heteroatoms. The number of esters is 1. The molecule has 0 aromatic carbocycles. The zero-order chi connectivity index (χ0) is 14.0. The van der Waals surface area contributed by atoms with Crippen molar-refractivity contribution >= 4 is 5.97 Å². The Hall–Kier alpha value is -0.710. The first-order chi connectivity index (χ1) is 8.14. The van der Waals surface area contributed by atoms with Crippen LogP contribution in [0.1, 0.15) is 46.5 Å². The van der Waals surface area contributed by atoms with Crippen molar-refractivity contribution in [3.63, 3.8) is 0 Å². The highest BCUT2D eigenvalue weighted by atomic mass is 19.3. The van der Waals surface area contributed by atoms with E-state index in [0.717, 1.165) is 0 Å². The molecule has 18 heavy (non-hydrogen) atoms. The van der Waals surface area contributed by atoms with Crippen molar-refractivity contribution in [1.82, 2.24) is 5.32 Å².